The van der Waals surface area contributed by atoms with E-state index in [1.807, 2.05) is 64.3 Å². The molecule has 0 unspecified atom stereocenters. The zero-order valence-corrected chi connectivity index (χ0v) is 29.0. The fourth-order valence-electron chi connectivity index (χ4n) is 7.89. The van der Waals surface area contributed by atoms with Gasteiger partial charge in [-0.3, -0.25) is 9.59 Å². The number of anilines is 1. The minimum Gasteiger partial charge on any atom is -0.495 e. The van der Waals surface area contributed by atoms with Gasteiger partial charge in [0.15, 0.2) is 17.6 Å². The van der Waals surface area contributed by atoms with Gasteiger partial charge in [0.2, 0.25) is 18.0 Å². The van der Waals surface area contributed by atoms with E-state index in [4.69, 9.17) is 4.74 Å². The van der Waals surface area contributed by atoms with E-state index >= 15 is 0 Å². The first-order chi connectivity index (χ1) is 23.3. The third-order valence-corrected chi connectivity index (χ3v) is 10.9. The van der Waals surface area contributed by atoms with E-state index in [0.717, 1.165) is 49.7 Å². The number of fused-ring (bicyclic) bond motifs is 7. The fourth-order valence-corrected chi connectivity index (χ4v) is 8.26. The zero-order chi connectivity index (χ0) is 33.1. The van der Waals surface area contributed by atoms with Crippen molar-refractivity contribution in [1.29, 1.82) is 0 Å². The molecule has 0 bridgehead atoms. The fraction of sp³-hybridized carbons (Fsp3) is 0.244. The van der Waals surface area contributed by atoms with Crippen LogP contribution in [-0.2, 0) is 24.3 Å². The first kappa shape index (κ1) is 30.6. The summed E-state index contributed by atoms with van der Waals surface area (Å²) in [5.74, 6) is 1.38. The Morgan fingerprint density at radius 2 is 1.71 bits per heavy atom. The van der Waals surface area contributed by atoms with Crippen LogP contribution < -0.4 is 14.2 Å². The number of methoxy groups -OCH3 is 1. The van der Waals surface area contributed by atoms with Crippen LogP contribution in [0.15, 0.2) is 102 Å². The van der Waals surface area contributed by atoms with E-state index in [2.05, 4.69) is 76.8 Å². The summed E-state index contributed by atoms with van der Waals surface area (Å²) >= 11 is 3.68. The molecule has 0 N–H and O–H groups in total. The predicted molar refractivity (Wildman–Crippen MR) is 193 cm³/mol. The molecular weight excluding hydrogens is 662 g/mol. The molecule has 0 fully saturated rings. The van der Waals surface area contributed by atoms with Gasteiger partial charge >= 0.3 is 0 Å². The number of nitrogens with zero attached hydrogens (tertiary/aromatic N) is 3. The van der Waals surface area contributed by atoms with E-state index in [9.17, 15) is 9.59 Å². The highest BCUT2D eigenvalue weighted by Crippen LogP contribution is 2.52. The Hall–Kier alpha value is -4.75. The van der Waals surface area contributed by atoms with Crippen molar-refractivity contribution < 1.29 is 18.9 Å². The molecule has 6 aromatic rings. The highest BCUT2D eigenvalue weighted by molar-refractivity contribution is 9.10. The summed E-state index contributed by atoms with van der Waals surface area (Å²) in [5, 5.41) is 2.17. The van der Waals surface area contributed by atoms with Gasteiger partial charge in [0.05, 0.1) is 25.8 Å². The number of benzene rings is 5. The molecule has 240 valence electrons. The number of aromatic nitrogens is 2. The highest BCUT2D eigenvalue weighted by Gasteiger charge is 2.43. The average molecular weight is 700 g/mol. The lowest BCUT2D eigenvalue weighted by atomic mass is 9.81. The standard InChI is InChI=1S/C41H37BrN3O3/c1-25-17-35-36(18-26(25)2)44(23-37(46)30-12-11-27-7-4-5-8-28(27)19-30)24-43(35)16-15-39(47)45-22-31-20-29-13-14-32(42)21-34(29)40(31)33-9-6-10-38(48-3)41(33)45/h4-14,17-19,21,24,31,40H,15-16,20,22-23H2,1-3H3/q+1/t31-,40-/m0/s1. The van der Waals surface area contributed by atoms with Crippen LogP contribution in [0.5, 0.6) is 5.75 Å². The second-order valence-electron chi connectivity index (χ2n) is 13.3. The maximum atomic E-state index is 14.2. The second kappa shape index (κ2) is 12.0. The molecule has 0 saturated heterocycles. The maximum absolute atomic E-state index is 14.2. The van der Waals surface area contributed by atoms with Crippen LogP contribution in [0.3, 0.4) is 0 Å². The van der Waals surface area contributed by atoms with Gasteiger partial charge in [0.1, 0.15) is 5.75 Å². The monoisotopic (exact) mass is 698 g/mol. The van der Waals surface area contributed by atoms with Crippen molar-refractivity contribution in [2.24, 2.45) is 5.92 Å². The molecule has 6 nitrogen and oxygen atoms in total. The number of hydrogen-bond donors (Lipinski definition) is 0. The largest absolute Gasteiger partial charge is 0.495 e. The van der Waals surface area contributed by atoms with Crippen LogP contribution in [0.2, 0.25) is 0 Å². The summed E-state index contributed by atoms with van der Waals surface area (Å²) in [7, 11) is 1.68. The summed E-state index contributed by atoms with van der Waals surface area (Å²) in [6, 6.07) is 31.0. The summed E-state index contributed by atoms with van der Waals surface area (Å²) in [6.07, 6.45) is 3.27. The van der Waals surface area contributed by atoms with Gasteiger partial charge in [-0.25, -0.2) is 9.13 Å². The van der Waals surface area contributed by atoms with Gasteiger partial charge < -0.3 is 9.64 Å². The molecule has 2 aliphatic rings. The van der Waals surface area contributed by atoms with Crippen LogP contribution in [-0.4, -0.2) is 29.9 Å². The number of aryl methyl sites for hydroxylation is 3. The number of Topliss-reactive ketones (excluding diaryl/α,β-unsaturated/α-hetero) is 1. The second-order valence-corrected chi connectivity index (χ2v) is 14.2. The summed E-state index contributed by atoms with van der Waals surface area (Å²) in [6.45, 7) is 5.56. The van der Waals surface area contributed by atoms with Crippen LogP contribution in [0.4, 0.5) is 5.69 Å². The van der Waals surface area contributed by atoms with E-state index in [-0.39, 0.29) is 24.2 Å². The molecule has 5 aromatic carbocycles. The average Bonchev–Trinajstić information content (AvgIpc) is 3.63. The SMILES string of the molecule is COc1cccc2c1N(C(=O)CCn1c[n+](CC(=O)c3ccc4ccccc4c3)c3cc(C)c(C)cc31)C[C@@H]1Cc3ccc(Br)cc3[C@H]21. The van der Waals surface area contributed by atoms with Crippen molar-refractivity contribution in [3.05, 3.63) is 135 Å². The summed E-state index contributed by atoms with van der Waals surface area (Å²) in [4.78, 5) is 29.8. The lowest BCUT2D eigenvalue weighted by Crippen LogP contribution is -2.41. The molecule has 0 spiro atoms. The third kappa shape index (κ3) is 5.21. The van der Waals surface area contributed by atoms with Crippen molar-refractivity contribution in [2.75, 3.05) is 18.6 Å². The van der Waals surface area contributed by atoms with Gasteiger partial charge in [-0.1, -0.05) is 70.5 Å². The van der Waals surface area contributed by atoms with Gasteiger partial charge in [-0.05, 0) is 101 Å². The van der Waals surface area contributed by atoms with Crippen LogP contribution in [0.1, 0.15) is 50.5 Å². The van der Waals surface area contributed by atoms with Crippen molar-refractivity contribution in [2.45, 2.75) is 45.7 Å². The molecule has 2 atom stereocenters. The third-order valence-electron chi connectivity index (χ3n) is 10.4. The van der Waals surface area contributed by atoms with E-state index < -0.39 is 0 Å². The number of halogens is 1. The van der Waals surface area contributed by atoms with Crippen molar-refractivity contribution in [3.63, 3.8) is 0 Å². The number of para-hydroxylation sites is 1. The number of carbonyl (C=O) groups excluding carboxylic acids is 2. The smallest absolute Gasteiger partial charge is 0.245 e. The molecule has 0 radical (unpaired) electrons. The molecule has 2 heterocycles. The molecular formula is C41H37BrN3O3+. The Labute approximate surface area is 288 Å². The van der Waals surface area contributed by atoms with Crippen molar-refractivity contribution in [1.82, 2.24) is 4.57 Å². The van der Waals surface area contributed by atoms with Crippen LogP contribution in [0, 0.1) is 19.8 Å². The summed E-state index contributed by atoms with van der Waals surface area (Å²) < 4.78 is 11.1. The Balaban J connectivity index is 1.09. The predicted octanol–water partition coefficient (Wildman–Crippen LogP) is 8.09. The Bertz CT molecular complexity index is 2270. The minimum absolute atomic E-state index is 0.0512. The van der Waals surface area contributed by atoms with Crippen molar-refractivity contribution in [3.8, 4) is 5.75 Å². The van der Waals surface area contributed by atoms with Crippen molar-refractivity contribution >= 4 is 55.1 Å². The number of ketones is 1. The molecule has 1 aliphatic carbocycles. The highest BCUT2D eigenvalue weighted by atomic mass is 79.9. The Morgan fingerprint density at radius 3 is 2.54 bits per heavy atom. The molecule has 1 aliphatic heterocycles. The van der Waals surface area contributed by atoms with Gasteiger partial charge in [-0.15, -0.1) is 0 Å². The first-order valence-corrected chi connectivity index (χ1v) is 17.4. The molecule has 8 rings (SSSR count). The van der Waals surface area contributed by atoms with Gasteiger partial charge in [-0.2, -0.15) is 0 Å². The molecule has 48 heavy (non-hydrogen) atoms. The lowest BCUT2D eigenvalue weighted by Gasteiger charge is -2.38. The minimum atomic E-state index is 0.0512. The number of rotatable bonds is 7. The molecule has 0 saturated carbocycles. The van der Waals surface area contributed by atoms with Crippen LogP contribution >= 0.6 is 15.9 Å². The topological polar surface area (TPSA) is 55.4 Å². The Kier molecular flexibility index (Phi) is 7.67. The molecule has 1 amide bonds. The maximum Gasteiger partial charge on any atom is 0.245 e. The Morgan fingerprint density at radius 1 is 0.896 bits per heavy atom. The number of amides is 1. The molecule has 7 heteroatoms. The van der Waals surface area contributed by atoms with Crippen LogP contribution in [0.25, 0.3) is 21.8 Å². The van der Waals surface area contributed by atoms with E-state index in [0.29, 0.717) is 31.0 Å². The summed E-state index contributed by atoms with van der Waals surface area (Å²) in [5.41, 5.74) is 9.77. The lowest BCUT2D eigenvalue weighted by molar-refractivity contribution is -0.658. The first-order valence-electron chi connectivity index (χ1n) is 16.6. The van der Waals surface area contributed by atoms with Gasteiger partial charge in [0, 0.05) is 22.5 Å². The number of carbonyl (C=O) groups is 2. The number of ether oxygens (including phenoxy) is 1. The number of hydrogen-bond acceptors (Lipinski definition) is 3. The number of imidazole rings is 1. The molecule has 1 aromatic heterocycles. The van der Waals surface area contributed by atoms with Gasteiger partial charge in [0.25, 0.3) is 0 Å². The quantitative estimate of drug-likeness (QED) is 0.125. The normalized spacial score (nSPS) is 16.5. The zero-order valence-electron chi connectivity index (χ0n) is 27.4. The van der Waals surface area contributed by atoms with E-state index in [1.54, 1.807) is 7.11 Å². The van der Waals surface area contributed by atoms with E-state index in [1.165, 1.54) is 22.3 Å².